The zero-order chi connectivity index (χ0) is 13.0. The lowest BCUT2D eigenvalue weighted by Crippen LogP contribution is -2.35. The molecule has 5 nitrogen and oxygen atoms in total. The second-order valence-electron chi connectivity index (χ2n) is 4.61. The van der Waals surface area contributed by atoms with Gasteiger partial charge in [0.15, 0.2) is 0 Å². The number of carbonyl (C=O) groups excluding carboxylic acids is 1. The molecule has 1 aromatic heterocycles. The van der Waals surface area contributed by atoms with Crippen molar-refractivity contribution in [2.75, 3.05) is 32.7 Å². The van der Waals surface area contributed by atoms with Crippen molar-refractivity contribution in [3.8, 4) is 0 Å². The average molecular weight is 248 g/mol. The van der Waals surface area contributed by atoms with Gasteiger partial charge in [-0.15, -0.1) is 6.58 Å². The summed E-state index contributed by atoms with van der Waals surface area (Å²) in [5.74, 6) is 0.0380. The third kappa shape index (κ3) is 2.98. The highest BCUT2D eigenvalue weighted by atomic mass is 16.2. The van der Waals surface area contributed by atoms with Crippen LogP contribution in [0, 0.1) is 0 Å². The van der Waals surface area contributed by atoms with Crippen molar-refractivity contribution in [3.63, 3.8) is 0 Å². The van der Waals surface area contributed by atoms with E-state index >= 15 is 0 Å². The summed E-state index contributed by atoms with van der Waals surface area (Å²) in [4.78, 5) is 16.5. The number of amides is 1. The van der Waals surface area contributed by atoms with E-state index in [1.54, 1.807) is 16.9 Å². The smallest absolute Gasteiger partial charge is 0.274 e. The van der Waals surface area contributed by atoms with E-state index in [4.69, 9.17) is 0 Å². The lowest BCUT2D eigenvalue weighted by Gasteiger charge is -2.20. The van der Waals surface area contributed by atoms with E-state index in [0.29, 0.717) is 5.69 Å². The van der Waals surface area contributed by atoms with E-state index in [-0.39, 0.29) is 5.91 Å². The molecule has 0 N–H and O–H groups in total. The van der Waals surface area contributed by atoms with Crippen molar-refractivity contribution in [1.29, 1.82) is 0 Å². The number of hydrogen-bond donors (Lipinski definition) is 0. The van der Waals surface area contributed by atoms with Gasteiger partial charge in [-0.1, -0.05) is 6.08 Å². The molecule has 1 amide bonds. The molecular weight excluding hydrogens is 228 g/mol. The molecule has 1 aliphatic rings. The van der Waals surface area contributed by atoms with E-state index in [0.717, 1.165) is 39.1 Å². The van der Waals surface area contributed by atoms with E-state index in [9.17, 15) is 4.79 Å². The summed E-state index contributed by atoms with van der Waals surface area (Å²) in [7, 11) is 1.82. The number of hydrogen-bond acceptors (Lipinski definition) is 3. The Balaban J connectivity index is 1.97. The van der Waals surface area contributed by atoms with Crippen molar-refractivity contribution in [3.05, 3.63) is 30.6 Å². The quantitative estimate of drug-likeness (QED) is 0.741. The molecule has 0 unspecified atom stereocenters. The Bertz CT molecular complexity index is 426. The first-order valence-corrected chi connectivity index (χ1v) is 6.33. The van der Waals surface area contributed by atoms with Gasteiger partial charge in [-0.2, -0.15) is 5.10 Å². The van der Waals surface area contributed by atoms with Gasteiger partial charge in [0.05, 0.1) is 0 Å². The number of carbonyl (C=O) groups is 1. The van der Waals surface area contributed by atoms with Gasteiger partial charge in [0, 0.05) is 46.0 Å². The number of aromatic nitrogens is 2. The van der Waals surface area contributed by atoms with Crippen molar-refractivity contribution < 1.29 is 4.79 Å². The molecule has 0 radical (unpaired) electrons. The summed E-state index contributed by atoms with van der Waals surface area (Å²) < 4.78 is 1.66. The third-order valence-electron chi connectivity index (χ3n) is 3.20. The van der Waals surface area contributed by atoms with Crippen LogP contribution in [0.15, 0.2) is 24.9 Å². The Morgan fingerprint density at radius 2 is 2.28 bits per heavy atom. The maximum absolute atomic E-state index is 12.2. The van der Waals surface area contributed by atoms with E-state index in [1.807, 2.05) is 18.0 Å². The van der Waals surface area contributed by atoms with Crippen LogP contribution in [0.3, 0.4) is 0 Å². The molecule has 5 heteroatoms. The maximum Gasteiger partial charge on any atom is 0.274 e. The molecule has 98 valence electrons. The fourth-order valence-corrected chi connectivity index (χ4v) is 2.23. The Hall–Kier alpha value is -1.62. The molecule has 1 saturated heterocycles. The molecule has 1 fully saturated rings. The second kappa shape index (κ2) is 5.82. The van der Waals surface area contributed by atoms with Gasteiger partial charge in [-0.25, -0.2) is 0 Å². The molecular formula is C13H20N4O. The van der Waals surface area contributed by atoms with E-state index in [2.05, 4.69) is 16.6 Å². The molecule has 0 aliphatic carbocycles. The lowest BCUT2D eigenvalue weighted by atomic mass is 10.3. The molecule has 1 aromatic rings. The summed E-state index contributed by atoms with van der Waals surface area (Å²) in [5, 5.41) is 4.17. The summed E-state index contributed by atoms with van der Waals surface area (Å²) in [5.41, 5.74) is 0.537. The van der Waals surface area contributed by atoms with Crippen LogP contribution in [-0.2, 0) is 7.05 Å². The van der Waals surface area contributed by atoms with Crippen LogP contribution in [0.2, 0.25) is 0 Å². The number of aryl methyl sites for hydroxylation is 1. The molecule has 0 aromatic carbocycles. The van der Waals surface area contributed by atoms with E-state index < -0.39 is 0 Å². The monoisotopic (exact) mass is 248 g/mol. The highest BCUT2D eigenvalue weighted by molar-refractivity contribution is 5.92. The summed E-state index contributed by atoms with van der Waals surface area (Å²) >= 11 is 0. The number of rotatable bonds is 3. The van der Waals surface area contributed by atoms with Gasteiger partial charge >= 0.3 is 0 Å². The Kier molecular flexibility index (Phi) is 4.15. The zero-order valence-electron chi connectivity index (χ0n) is 10.9. The maximum atomic E-state index is 12.2. The Morgan fingerprint density at radius 1 is 1.44 bits per heavy atom. The molecule has 0 spiro atoms. The van der Waals surface area contributed by atoms with Gasteiger partial charge in [0.25, 0.3) is 5.91 Å². The van der Waals surface area contributed by atoms with E-state index in [1.165, 1.54) is 0 Å². The molecule has 0 saturated carbocycles. The highest BCUT2D eigenvalue weighted by Gasteiger charge is 2.21. The first kappa shape index (κ1) is 12.8. The molecule has 0 bridgehead atoms. The first-order chi connectivity index (χ1) is 8.70. The minimum absolute atomic E-state index is 0.0380. The van der Waals surface area contributed by atoms with Crippen molar-refractivity contribution in [2.24, 2.45) is 7.05 Å². The van der Waals surface area contributed by atoms with Crippen molar-refractivity contribution >= 4 is 5.91 Å². The third-order valence-corrected chi connectivity index (χ3v) is 3.20. The molecule has 2 heterocycles. The minimum atomic E-state index is 0.0380. The van der Waals surface area contributed by atoms with Crippen LogP contribution >= 0.6 is 0 Å². The van der Waals surface area contributed by atoms with Crippen molar-refractivity contribution in [2.45, 2.75) is 6.42 Å². The first-order valence-electron chi connectivity index (χ1n) is 6.33. The van der Waals surface area contributed by atoms with Crippen LogP contribution in [-0.4, -0.2) is 58.2 Å². The van der Waals surface area contributed by atoms with Crippen molar-refractivity contribution in [1.82, 2.24) is 19.6 Å². The van der Waals surface area contributed by atoms with Crippen LogP contribution in [0.4, 0.5) is 0 Å². The predicted molar refractivity (Wildman–Crippen MR) is 70.4 cm³/mol. The SMILES string of the molecule is C=CCN1CCCN(C(=O)c2ccn(C)n2)CC1. The van der Waals surface area contributed by atoms with Crippen LogP contribution < -0.4 is 0 Å². The fourth-order valence-electron chi connectivity index (χ4n) is 2.23. The Labute approximate surface area is 108 Å². The van der Waals surface area contributed by atoms with Gasteiger partial charge in [0.1, 0.15) is 5.69 Å². The topological polar surface area (TPSA) is 41.4 Å². The Morgan fingerprint density at radius 3 is 2.94 bits per heavy atom. The summed E-state index contributed by atoms with van der Waals surface area (Å²) in [6.45, 7) is 8.16. The van der Waals surface area contributed by atoms with Gasteiger partial charge < -0.3 is 4.90 Å². The van der Waals surface area contributed by atoms with Crippen LogP contribution in [0.5, 0.6) is 0 Å². The molecule has 18 heavy (non-hydrogen) atoms. The van der Waals surface area contributed by atoms with Crippen LogP contribution in [0.25, 0.3) is 0 Å². The van der Waals surface area contributed by atoms with Gasteiger partial charge in [-0.05, 0) is 12.5 Å². The largest absolute Gasteiger partial charge is 0.336 e. The lowest BCUT2D eigenvalue weighted by molar-refractivity contribution is 0.0755. The normalized spacial score (nSPS) is 17.5. The van der Waals surface area contributed by atoms with Gasteiger partial charge in [0.2, 0.25) is 0 Å². The predicted octanol–water partition coefficient (Wildman–Crippen LogP) is 0.754. The average Bonchev–Trinajstić information content (AvgIpc) is 2.65. The summed E-state index contributed by atoms with van der Waals surface area (Å²) in [6, 6.07) is 1.77. The highest BCUT2D eigenvalue weighted by Crippen LogP contribution is 2.07. The standard InChI is InChI=1S/C13H20N4O/c1-3-6-16-7-4-8-17(11-10-16)13(18)12-5-9-15(2)14-12/h3,5,9H,1,4,6-8,10-11H2,2H3. The molecule has 2 rings (SSSR count). The molecule has 0 atom stereocenters. The fraction of sp³-hybridized carbons (Fsp3) is 0.538. The zero-order valence-corrected chi connectivity index (χ0v) is 10.9. The molecule has 1 aliphatic heterocycles. The van der Waals surface area contributed by atoms with Gasteiger partial charge in [-0.3, -0.25) is 14.4 Å². The van der Waals surface area contributed by atoms with Crippen LogP contribution in [0.1, 0.15) is 16.9 Å². The minimum Gasteiger partial charge on any atom is -0.336 e. The number of nitrogens with zero attached hydrogens (tertiary/aromatic N) is 4. The second-order valence-corrected chi connectivity index (χ2v) is 4.61. The summed E-state index contributed by atoms with van der Waals surface area (Å²) in [6.07, 6.45) is 4.72.